The summed E-state index contributed by atoms with van der Waals surface area (Å²) in [6.45, 7) is 0. The number of hydrogen-bond donors (Lipinski definition) is 0. The molecular weight excluding hydrogens is 376 g/mol. The number of fused-ring (bicyclic) bond motifs is 2. The number of aromatic nitrogens is 2. The lowest BCUT2D eigenvalue weighted by Gasteiger charge is -2.08. The van der Waals surface area contributed by atoms with Crippen molar-refractivity contribution in [2.45, 2.75) is 0 Å². The lowest BCUT2D eigenvalue weighted by atomic mass is 10.1. The molecule has 0 aliphatic carbocycles. The molecule has 130 valence electrons. The van der Waals surface area contributed by atoms with Crippen LogP contribution < -0.4 is 4.74 Å². The number of thiophene rings is 1. The van der Waals surface area contributed by atoms with Crippen LogP contribution in [-0.2, 0) is 0 Å². The summed E-state index contributed by atoms with van der Waals surface area (Å²) >= 11 is 7.61. The van der Waals surface area contributed by atoms with Crippen molar-refractivity contribution >= 4 is 43.9 Å². The molecule has 0 amide bonds. The quantitative estimate of drug-likeness (QED) is 0.335. The van der Waals surface area contributed by atoms with E-state index >= 15 is 0 Å². The van der Waals surface area contributed by atoms with E-state index in [1.165, 1.54) is 5.39 Å². The topological polar surface area (TPSA) is 35.0 Å². The molecule has 0 radical (unpaired) electrons. The summed E-state index contributed by atoms with van der Waals surface area (Å²) in [5.74, 6) is 1.31. The Morgan fingerprint density at radius 1 is 0.852 bits per heavy atom. The summed E-state index contributed by atoms with van der Waals surface area (Å²) < 4.78 is 6.17. The molecule has 0 spiro atoms. The van der Waals surface area contributed by atoms with Gasteiger partial charge < -0.3 is 4.74 Å². The SMILES string of the molecule is Clc1ccc(-c2csc3ncnc(Oc4ccc5ccccc5c4)c23)cc1. The van der Waals surface area contributed by atoms with Crippen LogP contribution in [0.3, 0.4) is 0 Å². The van der Waals surface area contributed by atoms with Crippen LogP contribution in [0.5, 0.6) is 11.6 Å². The van der Waals surface area contributed by atoms with Crippen molar-refractivity contribution in [1.82, 2.24) is 9.97 Å². The number of nitrogens with zero attached hydrogens (tertiary/aromatic N) is 2. The second-order valence-electron chi connectivity index (χ2n) is 6.13. The molecule has 5 rings (SSSR count). The van der Waals surface area contributed by atoms with Gasteiger partial charge in [-0.2, -0.15) is 0 Å². The molecule has 3 aromatic carbocycles. The molecule has 0 atom stereocenters. The predicted molar refractivity (Wildman–Crippen MR) is 112 cm³/mol. The Morgan fingerprint density at radius 3 is 2.52 bits per heavy atom. The Bertz CT molecular complexity index is 1260. The zero-order valence-electron chi connectivity index (χ0n) is 14.1. The van der Waals surface area contributed by atoms with E-state index in [4.69, 9.17) is 16.3 Å². The minimum absolute atomic E-state index is 0.557. The fraction of sp³-hybridized carbons (Fsp3) is 0. The van der Waals surface area contributed by atoms with Gasteiger partial charge in [0.2, 0.25) is 5.88 Å². The molecule has 0 aliphatic rings. The summed E-state index contributed by atoms with van der Waals surface area (Å²) in [4.78, 5) is 9.70. The van der Waals surface area contributed by atoms with Gasteiger partial charge >= 0.3 is 0 Å². The van der Waals surface area contributed by atoms with Gasteiger partial charge in [0.1, 0.15) is 16.9 Å². The fourth-order valence-corrected chi connectivity index (χ4v) is 4.14. The molecule has 0 saturated heterocycles. The third-order valence-electron chi connectivity index (χ3n) is 4.43. The summed E-state index contributed by atoms with van der Waals surface area (Å²) in [6, 6.07) is 22.0. The first-order valence-electron chi connectivity index (χ1n) is 8.43. The normalized spacial score (nSPS) is 11.1. The van der Waals surface area contributed by atoms with Gasteiger partial charge in [-0.3, -0.25) is 0 Å². The van der Waals surface area contributed by atoms with Gasteiger partial charge in [-0.05, 0) is 40.6 Å². The molecule has 0 fully saturated rings. The zero-order valence-corrected chi connectivity index (χ0v) is 15.7. The first-order chi connectivity index (χ1) is 13.3. The Kier molecular flexibility index (Phi) is 4.00. The molecule has 0 unspecified atom stereocenters. The van der Waals surface area contributed by atoms with Gasteiger partial charge in [0, 0.05) is 16.0 Å². The average Bonchev–Trinajstić information content (AvgIpc) is 3.14. The maximum atomic E-state index is 6.17. The van der Waals surface area contributed by atoms with E-state index in [1.54, 1.807) is 17.7 Å². The first kappa shape index (κ1) is 16.2. The van der Waals surface area contributed by atoms with Crippen molar-refractivity contribution in [1.29, 1.82) is 0 Å². The molecular formula is C22H13ClN2OS. The van der Waals surface area contributed by atoms with Crippen molar-refractivity contribution in [3.63, 3.8) is 0 Å². The van der Waals surface area contributed by atoms with E-state index in [0.29, 0.717) is 10.9 Å². The highest BCUT2D eigenvalue weighted by molar-refractivity contribution is 7.17. The van der Waals surface area contributed by atoms with E-state index in [1.807, 2.05) is 48.5 Å². The monoisotopic (exact) mass is 388 g/mol. The first-order valence-corrected chi connectivity index (χ1v) is 9.68. The van der Waals surface area contributed by atoms with Crippen LogP contribution in [0, 0.1) is 0 Å². The van der Waals surface area contributed by atoms with E-state index in [9.17, 15) is 0 Å². The summed E-state index contributed by atoms with van der Waals surface area (Å²) in [6.07, 6.45) is 1.54. The molecule has 0 saturated carbocycles. The molecule has 3 nitrogen and oxygen atoms in total. The van der Waals surface area contributed by atoms with Crippen LogP contribution in [0.25, 0.3) is 32.1 Å². The Morgan fingerprint density at radius 2 is 1.67 bits per heavy atom. The van der Waals surface area contributed by atoms with E-state index < -0.39 is 0 Å². The molecule has 2 aromatic heterocycles. The number of hydrogen-bond acceptors (Lipinski definition) is 4. The van der Waals surface area contributed by atoms with E-state index in [-0.39, 0.29) is 0 Å². The highest BCUT2D eigenvalue weighted by atomic mass is 35.5. The standard InChI is InChI=1S/C22H13ClN2OS/c23-17-8-5-15(6-9-17)19-12-27-22-20(19)21(24-13-25-22)26-18-10-7-14-3-1-2-4-16(14)11-18/h1-13H. The predicted octanol–water partition coefficient (Wildman–Crippen LogP) is 6.96. The number of ether oxygens (including phenoxy) is 1. The molecule has 0 N–H and O–H groups in total. The lowest BCUT2D eigenvalue weighted by Crippen LogP contribution is -1.91. The minimum Gasteiger partial charge on any atom is -0.438 e. The Labute approximate surface area is 164 Å². The summed E-state index contributed by atoms with van der Waals surface area (Å²) in [5.41, 5.74) is 2.10. The molecule has 0 aliphatic heterocycles. The molecule has 27 heavy (non-hydrogen) atoms. The van der Waals surface area contributed by atoms with Crippen molar-refractivity contribution in [3.05, 3.63) is 83.5 Å². The fourth-order valence-electron chi connectivity index (χ4n) is 3.11. The van der Waals surface area contributed by atoms with Crippen LogP contribution in [0.4, 0.5) is 0 Å². The Hall–Kier alpha value is -2.95. The molecule has 5 aromatic rings. The average molecular weight is 389 g/mol. The number of rotatable bonds is 3. The Balaban J connectivity index is 1.62. The van der Waals surface area contributed by atoms with Crippen molar-refractivity contribution in [2.24, 2.45) is 0 Å². The van der Waals surface area contributed by atoms with Crippen LogP contribution in [0.1, 0.15) is 0 Å². The van der Waals surface area contributed by atoms with Gasteiger partial charge in [0.15, 0.2) is 0 Å². The van der Waals surface area contributed by atoms with Gasteiger partial charge in [-0.25, -0.2) is 9.97 Å². The minimum atomic E-state index is 0.557. The van der Waals surface area contributed by atoms with Crippen molar-refractivity contribution in [2.75, 3.05) is 0 Å². The number of halogens is 1. The second kappa shape index (κ2) is 6.65. The smallest absolute Gasteiger partial charge is 0.231 e. The van der Waals surface area contributed by atoms with Crippen LogP contribution in [-0.4, -0.2) is 9.97 Å². The van der Waals surface area contributed by atoms with Crippen LogP contribution in [0.2, 0.25) is 5.02 Å². The van der Waals surface area contributed by atoms with Gasteiger partial charge in [-0.1, -0.05) is 54.1 Å². The van der Waals surface area contributed by atoms with Gasteiger partial charge in [0.05, 0.1) is 5.39 Å². The number of benzene rings is 3. The third kappa shape index (κ3) is 3.03. The molecule has 5 heteroatoms. The van der Waals surface area contributed by atoms with Gasteiger partial charge in [0.25, 0.3) is 0 Å². The summed E-state index contributed by atoms with van der Waals surface area (Å²) in [5, 5.41) is 6.01. The molecule has 0 bridgehead atoms. The van der Waals surface area contributed by atoms with Crippen molar-refractivity contribution < 1.29 is 4.74 Å². The second-order valence-corrected chi connectivity index (χ2v) is 7.42. The van der Waals surface area contributed by atoms with E-state index in [2.05, 4.69) is 33.5 Å². The van der Waals surface area contributed by atoms with E-state index in [0.717, 1.165) is 32.5 Å². The summed E-state index contributed by atoms with van der Waals surface area (Å²) in [7, 11) is 0. The maximum Gasteiger partial charge on any atom is 0.231 e. The third-order valence-corrected chi connectivity index (χ3v) is 5.56. The highest BCUT2D eigenvalue weighted by Gasteiger charge is 2.15. The van der Waals surface area contributed by atoms with Crippen molar-refractivity contribution in [3.8, 4) is 22.8 Å². The van der Waals surface area contributed by atoms with Crippen LogP contribution >= 0.6 is 22.9 Å². The lowest BCUT2D eigenvalue weighted by molar-refractivity contribution is 0.469. The zero-order chi connectivity index (χ0) is 18.2. The maximum absolute atomic E-state index is 6.17. The highest BCUT2D eigenvalue weighted by Crippen LogP contribution is 2.39. The van der Waals surface area contributed by atoms with Gasteiger partial charge in [-0.15, -0.1) is 11.3 Å². The van der Waals surface area contributed by atoms with Crippen LogP contribution in [0.15, 0.2) is 78.4 Å². The largest absolute Gasteiger partial charge is 0.438 e. The molecule has 2 heterocycles.